The van der Waals surface area contributed by atoms with E-state index in [-0.39, 0.29) is 17.7 Å². The number of halogens is 1. The van der Waals surface area contributed by atoms with Gasteiger partial charge in [0.2, 0.25) is 0 Å². The van der Waals surface area contributed by atoms with E-state index in [4.69, 9.17) is 16.7 Å². The van der Waals surface area contributed by atoms with Crippen LogP contribution in [0.5, 0.6) is 0 Å². The summed E-state index contributed by atoms with van der Waals surface area (Å²) in [6.45, 7) is 1.58. The zero-order valence-electron chi connectivity index (χ0n) is 19.9. The van der Waals surface area contributed by atoms with Crippen molar-refractivity contribution < 1.29 is 9.59 Å². The first-order valence-electron chi connectivity index (χ1n) is 11.6. The molecule has 0 N–H and O–H groups in total. The summed E-state index contributed by atoms with van der Waals surface area (Å²) in [7, 11) is 0. The Bertz CT molecular complexity index is 1610. The zero-order chi connectivity index (χ0) is 25.9. The van der Waals surface area contributed by atoms with Crippen LogP contribution in [0.2, 0.25) is 5.02 Å². The first-order chi connectivity index (χ1) is 18.0. The van der Waals surface area contributed by atoms with Crippen LogP contribution >= 0.6 is 11.6 Å². The van der Waals surface area contributed by atoms with E-state index in [0.29, 0.717) is 27.4 Å². The summed E-state index contributed by atoms with van der Waals surface area (Å²) in [5.41, 5.74) is 4.22. The standard InChI is InChI=1S/C30H21ClN4O2/c1-20-25(29(36)34(30(37)26(20)17-32)18-22-12-8-9-15-27(22)31)16-23-19-35(24-13-6-3-7-14-24)33-28(23)21-10-4-2-5-11-21/h2-16,19H,18H2,1H3/b25-16+. The number of imide groups is 1. The predicted molar refractivity (Wildman–Crippen MR) is 142 cm³/mol. The Hall–Kier alpha value is -4.73. The molecule has 0 fully saturated rings. The third-order valence-corrected chi connectivity index (χ3v) is 6.59. The fourth-order valence-electron chi connectivity index (χ4n) is 4.25. The molecule has 6 nitrogen and oxygen atoms in total. The van der Waals surface area contributed by atoms with Crippen molar-refractivity contribution in [2.24, 2.45) is 0 Å². The second-order valence-electron chi connectivity index (χ2n) is 8.54. The van der Waals surface area contributed by atoms with E-state index in [9.17, 15) is 14.9 Å². The van der Waals surface area contributed by atoms with Gasteiger partial charge < -0.3 is 0 Å². The largest absolute Gasteiger partial charge is 0.271 e. The first-order valence-corrected chi connectivity index (χ1v) is 12.0. The Morgan fingerprint density at radius 1 is 0.919 bits per heavy atom. The van der Waals surface area contributed by atoms with Gasteiger partial charge in [0.25, 0.3) is 11.8 Å². The van der Waals surface area contributed by atoms with Crippen molar-refractivity contribution in [3.05, 3.63) is 124 Å². The lowest BCUT2D eigenvalue weighted by molar-refractivity contribution is -0.141. The van der Waals surface area contributed by atoms with Crippen molar-refractivity contribution in [2.45, 2.75) is 13.5 Å². The van der Waals surface area contributed by atoms with Crippen molar-refractivity contribution in [3.8, 4) is 23.0 Å². The minimum atomic E-state index is -0.634. The molecule has 1 aliphatic rings. The van der Waals surface area contributed by atoms with E-state index >= 15 is 0 Å². The van der Waals surface area contributed by atoms with Crippen LogP contribution in [-0.4, -0.2) is 26.5 Å². The molecule has 0 radical (unpaired) electrons. The zero-order valence-corrected chi connectivity index (χ0v) is 20.7. The molecule has 3 aromatic carbocycles. The molecule has 0 saturated heterocycles. The van der Waals surface area contributed by atoms with E-state index in [2.05, 4.69) is 0 Å². The number of rotatable bonds is 5. The number of para-hydroxylation sites is 1. The van der Waals surface area contributed by atoms with Crippen molar-refractivity contribution in [3.63, 3.8) is 0 Å². The molecule has 37 heavy (non-hydrogen) atoms. The molecule has 7 heteroatoms. The minimum Gasteiger partial charge on any atom is -0.269 e. The Morgan fingerprint density at radius 2 is 1.57 bits per heavy atom. The Balaban J connectivity index is 1.65. The number of hydrogen-bond acceptors (Lipinski definition) is 4. The van der Waals surface area contributed by atoms with Gasteiger partial charge in [-0.15, -0.1) is 0 Å². The highest BCUT2D eigenvalue weighted by molar-refractivity contribution is 6.31. The van der Waals surface area contributed by atoms with E-state index in [0.717, 1.165) is 16.2 Å². The number of amides is 2. The Kier molecular flexibility index (Phi) is 6.55. The first kappa shape index (κ1) is 24.0. The van der Waals surface area contributed by atoms with Crippen molar-refractivity contribution in [1.29, 1.82) is 5.26 Å². The normalized spacial score (nSPS) is 14.8. The molecule has 180 valence electrons. The second-order valence-corrected chi connectivity index (χ2v) is 8.94. The lowest BCUT2D eigenvalue weighted by Crippen LogP contribution is -2.42. The maximum atomic E-state index is 13.7. The summed E-state index contributed by atoms with van der Waals surface area (Å²) >= 11 is 6.30. The summed E-state index contributed by atoms with van der Waals surface area (Å²) in [6, 6.07) is 28.3. The third-order valence-electron chi connectivity index (χ3n) is 6.22. The van der Waals surface area contributed by atoms with Crippen molar-refractivity contribution >= 4 is 29.5 Å². The maximum Gasteiger partial charge on any atom is 0.271 e. The minimum absolute atomic E-state index is 0.0397. The quantitative estimate of drug-likeness (QED) is 0.247. The van der Waals surface area contributed by atoms with Gasteiger partial charge in [-0.25, -0.2) is 4.68 Å². The lowest BCUT2D eigenvalue weighted by Gasteiger charge is -2.27. The van der Waals surface area contributed by atoms with Crippen LogP contribution in [-0.2, 0) is 16.1 Å². The number of aromatic nitrogens is 2. The van der Waals surface area contributed by atoms with E-state index in [1.54, 1.807) is 41.9 Å². The van der Waals surface area contributed by atoms with Gasteiger partial charge in [0.05, 0.1) is 17.9 Å². The molecular weight excluding hydrogens is 484 g/mol. The van der Waals surface area contributed by atoms with Crippen LogP contribution in [0.1, 0.15) is 18.1 Å². The number of benzene rings is 3. The predicted octanol–water partition coefficient (Wildman–Crippen LogP) is 5.99. The fourth-order valence-corrected chi connectivity index (χ4v) is 4.45. The fraction of sp³-hybridized carbons (Fsp3) is 0.0667. The van der Waals surface area contributed by atoms with Crippen LogP contribution in [0.4, 0.5) is 0 Å². The molecule has 0 unspecified atom stereocenters. The Morgan fingerprint density at radius 3 is 2.24 bits per heavy atom. The molecule has 0 atom stereocenters. The van der Waals surface area contributed by atoms with Gasteiger partial charge in [0.1, 0.15) is 11.6 Å². The summed E-state index contributed by atoms with van der Waals surface area (Å²) < 4.78 is 1.75. The van der Waals surface area contributed by atoms with Gasteiger partial charge in [-0.2, -0.15) is 10.4 Å². The summed E-state index contributed by atoms with van der Waals surface area (Å²) in [5, 5.41) is 15.0. The van der Waals surface area contributed by atoms with Gasteiger partial charge in [0.15, 0.2) is 0 Å². The molecule has 2 heterocycles. The highest BCUT2D eigenvalue weighted by atomic mass is 35.5. The smallest absolute Gasteiger partial charge is 0.269 e. The molecule has 0 aliphatic carbocycles. The molecule has 1 aromatic heterocycles. The van der Waals surface area contributed by atoms with Gasteiger partial charge in [-0.3, -0.25) is 14.5 Å². The van der Waals surface area contributed by atoms with E-state index in [1.807, 2.05) is 72.9 Å². The molecule has 0 saturated carbocycles. The van der Waals surface area contributed by atoms with E-state index < -0.39 is 11.8 Å². The monoisotopic (exact) mass is 504 g/mol. The van der Waals surface area contributed by atoms with E-state index in [1.165, 1.54) is 0 Å². The molecule has 5 rings (SSSR count). The van der Waals surface area contributed by atoms with Gasteiger partial charge in [-0.1, -0.05) is 78.3 Å². The maximum absolute atomic E-state index is 13.7. The second kappa shape index (κ2) is 10.1. The molecule has 1 aliphatic heterocycles. The number of carbonyl (C=O) groups is 2. The summed E-state index contributed by atoms with van der Waals surface area (Å²) in [5.74, 6) is -1.13. The molecular formula is C30H21ClN4O2. The topological polar surface area (TPSA) is 79.0 Å². The van der Waals surface area contributed by atoms with Gasteiger partial charge in [-0.05, 0) is 42.3 Å². The highest BCUT2D eigenvalue weighted by Crippen LogP contribution is 2.32. The summed E-state index contributed by atoms with van der Waals surface area (Å²) in [6.07, 6.45) is 3.54. The SMILES string of the molecule is CC1=C(C#N)C(=O)N(Cc2ccccc2Cl)C(=O)/C1=C/c1cn(-c2ccccc2)nc1-c1ccccc1. The number of nitriles is 1. The van der Waals surface area contributed by atoms with Crippen molar-refractivity contribution in [2.75, 3.05) is 0 Å². The van der Waals surface area contributed by atoms with Crippen LogP contribution in [0, 0.1) is 11.3 Å². The van der Waals surface area contributed by atoms with Gasteiger partial charge in [0, 0.05) is 27.9 Å². The molecule has 0 spiro atoms. The average molecular weight is 505 g/mol. The summed E-state index contributed by atoms with van der Waals surface area (Å²) in [4.78, 5) is 27.9. The number of nitrogens with zero attached hydrogens (tertiary/aromatic N) is 4. The average Bonchev–Trinajstić information content (AvgIpc) is 3.35. The number of carbonyl (C=O) groups excluding carboxylic acids is 2. The molecule has 4 aromatic rings. The van der Waals surface area contributed by atoms with Crippen LogP contribution in [0.3, 0.4) is 0 Å². The molecule has 0 bridgehead atoms. The van der Waals surface area contributed by atoms with Crippen LogP contribution in [0.25, 0.3) is 23.0 Å². The van der Waals surface area contributed by atoms with Crippen LogP contribution < -0.4 is 0 Å². The third kappa shape index (κ3) is 4.61. The Labute approximate surface area is 219 Å². The highest BCUT2D eigenvalue weighted by Gasteiger charge is 2.36. The lowest BCUT2D eigenvalue weighted by atomic mass is 9.93. The van der Waals surface area contributed by atoms with Gasteiger partial charge >= 0.3 is 0 Å². The molecule has 2 amide bonds. The van der Waals surface area contributed by atoms with Crippen molar-refractivity contribution in [1.82, 2.24) is 14.7 Å². The van der Waals surface area contributed by atoms with Crippen LogP contribution in [0.15, 0.2) is 108 Å². The number of hydrogen-bond donors (Lipinski definition) is 0.